The van der Waals surface area contributed by atoms with Crippen LogP contribution in [-0.2, 0) is 9.59 Å². The second-order valence-corrected chi connectivity index (χ2v) is 4.88. The van der Waals surface area contributed by atoms with Gasteiger partial charge in [-0.3, -0.25) is 9.59 Å². The number of carbonyl (C=O) groups is 2. The van der Waals surface area contributed by atoms with Gasteiger partial charge in [0, 0.05) is 17.8 Å². The van der Waals surface area contributed by atoms with Gasteiger partial charge in [-0.25, -0.2) is 0 Å². The molecule has 6 heteroatoms. The third kappa shape index (κ3) is 4.15. The highest BCUT2D eigenvalue weighted by Gasteiger charge is 2.26. The Labute approximate surface area is 117 Å². The highest BCUT2D eigenvalue weighted by molar-refractivity contribution is 5.89. The standard InChI is InChI=1S/C14H19N3O3/c1-20-11-4-2-3-10(7-11)16-12(14(15)19)8-13(18)17-9-5-6-9/h2-4,7,9,12,16H,5-6,8H2,1H3,(H2,15,19)(H,17,18). The van der Waals surface area contributed by atoms with Crippen LogP contribution in [0.3, 0.4) is 0 Å². The van der Waals surface area contributed by atoms with Gasteiger partial charge in [-0.05, 0) is 25.0 Å². The molecule has 1 aromatic carbocycles. The van der Waals surface area contributed by atoms with Crippen molar-refractivity contribution in [1.82, 2.24) is 5.32 Å². The Balaban J connectivity index is 1.96. The van der Waals surface area contributed by atoms with E-state index in [-0.39, 0.29) is 18.4 Å². The van der Waals surface area contributed by atoms with Gasteiger partial charge >= 0.3 is 0 Å². The predicted molar refractivity (Wildman–Crippen MR) is 75.4 cm³/mol. The molecule has 0 radical (unpaired) electrons. The molecule has 0 heterocycles. The van der Waals surface area contributed by atoms with E-state index in [2.05, 4.69) is 10.6 Å². The molecule has 0 saturated heterocycles. The summed E-state index contributed by atoms with van der Waals surface area (Å²) < 4.78 is 5.10. The average Bonchev–Trinajstić information content (AvgIpc) is 3.22. The number of ether oxygens (including phenoxy) is 1. The number of amides is 2. The summed E-state index contributed by atoms with van der Waals surface area (Å²) in [5.41, 5.74) is 6.02. The van der Waals surface area contributed by atoms with E-state index in [1.165, 1.54) is 0 Å². The Morgan fingerprint density at radius 1 is 1.45 bits per heavy atom. The van der Waals surface area contributed by atoms with Gasteiger partial charge in [0.05, 0.1) is 13.5 Å². The summed E-state index contributed by atoms with van der Waals surface area (Å²) in [4.78, 5) is 23.2. The van der Waals surface area contributed by atoms with Crippen molar-refractivity contribution >= 4 is 17.5 Å². The van der Waals surface area contributed by atoms with Crippen LogP contribution in [0.4, 0.5) is 5.69 Å². The largest absolute Gasteiger partial charge is 0.497 e. The lowest BCUT2D eigenvalue weighted by atomic mass is 10.1. The van der Waals surface area contributed by atoms with E-state index in [1.807, 2.05) is 0 Å². The summed E-state index contributed by atoms with van der Waals surface area (Å²) in [6, 6.07) is 6.66. The lowest BCUT2D eigenvalue weighted by Crippen LogP contribution is -2.40. The minimum absolute atomic E-state index is 0.0308. The number of nitrogens with one attached hydrogen (secondary N) is 2. The molecular formula is C14H19N3O3. The van der Waals surface area contributed by atoms with Crippen molar-refractivity contribution in [3.63, 3.8) is 0 Å². The van der Waals surface area contributed by atoms with Gasteiger partial charge < -0.3 is 21.1 Å². The van der Waals surface area contributed by atoms with Gasteiger partial charge in [0.1, 0.15) is 11.8 Å². The van der Waals surface area contributed by atoms with Crippen molar-refractivity contribution in [2.24, 2.45) is 5.73 Å². The minimum atomic E-state index is -0.735. The van der Waals surface area contributed by atoms with Crippen molar-refractivity contribution in [1.29, 1.82) is 0 Å². The van der Waals surface area contributed by atoms with E-state index < -0.39 is 11.9 Å². The van der Waals surface area contributed by atoms with Gasteiger partial charge in [0.15, 0.2) is 0 Å². The fourth-order valence-electron chi connectivity index (χ4n) is 1.84. The van der Waals surface area contributed by atoms with Crippen LogP contribution in [-0.4, -0.2) is 31.0 Å². The Kier molecular flexibility index (Phi) is 4.45. The molecule has 0 aromatic heterocycles. The molecule has 1 aromatic rings. The molecule has 4 N–H and O–H groups in total. The maximum atomic E-state index is 11.7. The van der Waals surface area contributed by atoms with Gasteiger partial charge in [0.2, 0.25) is 11.8 Å². The van der Waals surface area contributed by atoms with Crippen molar-refractivity contribution in [2.45, 2.75) is 31.3 Å². The molecule has 1 aliphatic rings. The molecule has 0 bridgehead atoms. The summed E-state index contributed by atoms with van der Waals surface area (Å²) in [5, 5.41) is 5.80. The van der Waals surface area contributed by atoms with Crippen LogP contribution in [0.2, 0.25) is 0 Å². The number of benzene rings is 1. The first-order chi connectivity index (χ1) is 9.58. The highest BCUT2D eigenvalue weighted by Crippen LogP contribution is 2.20. The molecule has 20 heavy (non-hydrogen) atoms. The molecule has 6 nitrogen and oxygen atoms in total. The van der Waals surface area contributed by atoms with Crippen LogP contribution in [0, 0.1) is 0 Å². The van der Waals surface area contributed by atoms with E-state index in [1.54, 1.807) is 31.4 Å². The monoisotopic (exact) mass is 277 g/mol. The fourth-order valence-corrected chi connectivity index (χ4v) is 1.84. The number of methoxy groups -OCH3 is 1. The number of rotatable bonds is 7. The molecule has 0 spiro atoms. The molecule has 2 amide bonds. The Hall–Kier alpha value is -2.24. The van der Waals surface area contributed by atoms with Crippen LogP contribution < -0.4 is 21.1 Å². The maximum absolute atomic E-state index is 11.7. The normalized spacial score (nSPS) is 15.2. The predicted octanol–water partition coefficient (Wildman–Crippen LogP) is 0.630. The second kappa shape index (κ2) is 6.27. The Bertz CT molecular complexity index is 500. The van der Waals surface area contributed by atoms with E-state index >= 15 is 0 Å². The van der Waals surface area contributed by atoms with Crippen LogP contribution in [0.15, 0.2) is 24.3 Å². The third-order valence-corrected chi connectivity index (χ3v) is 3.09. The van der Waals surface area contributed by atoms with Gasteiger partial charge in [0.25, 0.3) is 0 Å². The van der Waals surface area contributed by atoms with Crippen LogP contribution >= 0.6 is 0 Å². The Morgan fingerprint density at radius 2 is 2.20 bits per heavy atom. The molecular weight excluding hydrogens is 258 g/mol. The van der Waals surface area contributed by atoms with E-state index in [4.69, 9.17) is 10.5 Å². The summed E-state index contributed by atoms with van der Waals surface area (Å²) in [6.07, 6.45) is 2.05. The first kappa shape index (κ1) is 14.2. The van der Waals surface area contributed by atoms with Crippen LogP contribution in [0.1, 0.15) is 19.3 Å². The smallest absolute Gasteiger partial charge is 0.240 e. The quantitative estimate of drug-likeness (QED) is 0.681. The summed E-state index contributed by atoms with van der Waals surface area (Å²) in [5.74, 6) is -0.0499. The number of hydrogen-bond donors (Lipinski definition) is 3. The van der Waals surface area contributed by atoms with Gasteiger partial charge in [-0.15, -0.1) is 0 Å². The van der Waals surface area contributed by atoms with E-state index in [0.717, 1.165) is 12.8 Å². The number of hydrogen-bond acceptors (Lipinski definition) is 4. The lowest BCUT2D eigenvalue weighted by Gasteiger charge is -2.17. The average molecular weight is 277 g/mol. The van der Waals surface area contributed by atoms with Crippen molar-refractivity contribution in [3.05, 3.63) is 24.3 Å². The summed E-state index contributed by atoms with van der Waals surface area (Å²) in [6.45, 7) is 0. The van der Waals surface area contributed by atoms with Crippen molar-refractivity contribution in [2.75, 3.05) is 12.4 Å². The number of carbonyl (C=O) groups excluding carboxylic acids is 2. The first-order valence-corrected chi connectivity index (χ1v) is 6.57. The van der Waals surface area contributed by atoms with Crippen molar-refractivity contribution < 1.29 is 14.3 Å². The topological polar surface area (TPSA) is 93.4 Å². The number of anilines is 1. The Morgan fingerprint density at radius 3 is 2.80 bits per heavy atom. The fraction of sp³-hybridized carbons (Fsp3) is 0.429. The maximum Gasteiger partial charge on any atom is 0.240 e. The number of nitrogens with two attached hydrogens (primary N) is 1. The number of primary amides is 1. The third-order valence-electron chi connectivity index (χ3n) is 3.09. The molecule has 1 fully saturated rings. The molecule has 1 aliphatic carbocycles. The molecule has 2 rings (SSSR count). The van der Waals surface area contributed by atoms with E-state index in [9.17, 15) is 9.59 Å². The molecule has 108 valence electrons. The zero-order chi connectivity index (χ0) is 14.5. The van der Waals surface area contributed by atoms with Gasteiger partial charge in [-0.1, -0.05) is 6.07 Å². The zero-order valence-electron chi connectivity index (χ0n) is 11.4. The lowest BCUT2D eigenvalue weighted by molar-refractivity contribution is -0.125. The van der Waals surface area contributed by atoms with Crippen LogP contribution in [0.5, 0.6) is 5.75 Å². The molecule has 0 aliphatic heterocycles. The van der Waals surface area contributed by atoms with Gasteiger partial charge in [-0.2, -0.15) is 0 Å². The van der Waals surface area contributed by atoms with Crippen molar-refractivity contribution in [3.8, 4) is 5.75 Å². The first-order valence-electron chi connectivity index (χ1n) is 6.57. The zero-order valence-corrected chi connectivity index (χ0v) is 11.4. The summed E-state index contributed by atoms with van der Waals surface area (Å²) in [7, 11) is 1.56. The second-order valence-electron chi connectivity index (χ2n) is 4.88. The van der Waals surface area contributed by atoms with E-state index in [0.29, 0.717) is 11.4 Å². The molecule has 1 unspecified atom stereocenters. The van der Waals surface area contributed by atoms with Crippen LogP contribution in [0.25, 0.3) is 0 Å². The highest BCUT2D eigenvalue weighted by atomic mass is 16.5. The SMILES string of the molecule is COc1cccc(NC(CC(=O)NC2CC2)C(N)=O)c1. The molecule has 1 saturated carbocycles. The molecule has 1 atom stereocenters. The minimum Gasteiger partial charge on any atom is -0.497 e. The summed E-state index contributed by atoms with van der Waals surface area (Å²) >= 11 is 0.